The first-order valence-corrected chi connectivity index (χ1v) is 6.42. The van der Waals surface area contributed by atoms with Crippen molar-refractivity contribution in [2.45, 2.75) is 6.54 Å². The molecular formula is C17H16N2. The van der Waals surface area contributed by atoms with Gasteiger partial charge in [-0.25, -0.2) is 0 Å². The summed E-state index contributed by atoms with van der Waals surface area (Å²) in [4.78, 5) is 2.19. The molecule has 1 aliphatic heterocycles. The standard InChI is InChI=1S/C17H16N2/c1-3-7-15(8-4-1)13-19-12-11-18-17(14-19)16-9-5-2-6-10-16/h1-12,14,18H,13H2. The molecule has 1 aliphatic rings. The highest BCUT2D eigenvalue weighted by Crippen LogP contribution is 2.17. The number of nitrogens with one attached hydrogen (secondary N) is 1. The van der Waals surface area contributed by atoms with E-state index in [1.54, 1.807) is 0 Å². The average molecular weight is 248 g/mol. The van der Waals surface area contributed by atoms with Crippen LogP contribution in [0.15, 0.2) is 79.3 Å². The number of hydrogen-bond acceptors (Lipinski definition) is 2. The normalized spacial score (nSPS) is 13.9. The number of nitrogens with zero attached hydrogens (tertiary/aromatic N) is 1. The fraction of sp³-hybridized carbons (Fsp3) is 0.0588. The summed E-state index contributed by atoms with van der Waals surface area (Å²) in [5.74, 6) is 0. The van der Waals surface area contributed by atoms with Crippen LogP contribution in [0.1, 0.15) is 11.1 Å². The van der Waals surface area contributed by atoms with Crippen molar-refractivity contribution in [3.8, 4) is 0 Å². The molecule has 2 heteroatoms. The lowest BCUT2D eigenvalue weighted by atomic mass is 10.1. The van der Waals surface area contributed by atoms with Crippen molar-refractivity contribution in [3.63, 3.8) is 0 Å². The van der Waals surface area contributed by atoms with Gasteiger partial charge in [-0.1, -0.05) is 60.7 Å². The van der Waals surface area contributed by atoms with E-state index in [1.807, 2.05) is 18.3 Å². The van der Waals surface area contributed by atoms with Gasteiger partial charge in [0.25, 0.3) is 0 Å². The minimum atomic E-state index is 0.884. The van der Waals surface area contributed by atoms with Crippen molar-refractivity contribution in [2.75, 3.05) is 0 Å². The van der Waals surface area contributed by atoms with E-state index in [-0.39, 0.29) is 0 Å². The Morgan fingerprint density at radius 3 is 2.26 bits per heavy atom. The molecule has 0 fully saturated rings. The molecule has 0 spiro atoms. The van der Waals surface area contributed by atoms with E-state index in [1.165, 1.54) is 11.1 Å². The second-order valence-electron chi connectivity index (χ2n) is 4.53. The second-order valence-corrected chi connectivity index (χ2v) is 4.53. The molecule has 0 radical (unpaired) electrons. The van der Waals surface area contributed by atoms with Gasteiger partial charge in [0, 0.05) is 25.1 Å². The lowest BCUT2D eigenvalue weighted by molar-refractivity contribution is 0.492. The molecule has 0 atom stereocenters. The van der Waals surface area contributed by atoms with Gasteiger partial charge < -0.3 is 10.2 Å². The van der Waals surface area contributed by atoms with Crippen LogP contribution in [-0.2, 0) is 6.54 Å². The molecule has 1 heterocycles. The smallest absolute Gasteiger partial charge is 0.0618 e. The minimum absolute atomic E-state index is 0.884. The lowest BCUT2D eigenvalue weighted by Crippen LogP contribution is -2.19. The summed E-state index contributed by atoms with van der Waals surface area (Å²) in [7, 11) is 0. The number of benzene rings is 2. The van der Waals surface area contributed by atoms with Gasteiger partial charge >= 0.3 is 0 Å². The summed E-state index contributed by atoms with van der Waals surface area (Å²) in [6, 6.07) is 20.8. The Kier molecular flexibility index (Phi) is 3.32. The monoisotopic (exact) mass is 248 g/mol. The highest BCUT2D eigenvalue weighted by atomic mass is 15.1. The van der Waals surface area contributed by atoms with Crippen molar-refractivity contribution in [1.29, 1.82) is 0 Å². The maximum atomic E-state index is 3.29. The molecule has 0 aromatic heterocycles. The molecule has 3 rings (SSSR count). The summed E-state index contributed by atoms with van der Waals surface area (Å²) in [5.41, 5.74) is 3.63. The van der Waals surface area contributed by atoms with Crippen molar-refractivity contribution < 1.29 is 0 Å². The van der Waals surface area contributed by atoms with Gasteiger partial charge in [-0.05, 0) is 11.1 Å². The van der Waals surface area contributed by atoms with E-state index in [0.717, 1.165) is 12.2 Å². The average Bonchev–Trinajstić information content (AvgIpc) is 2.49. The molecule has 0 bridgehead atoms. The van der Waals surface area contributed by atoms with Crippen LogP contribution in [0.25, 0.3) is 5.70 Å². The van der Waals surface area contributed by atoms with Crippen molar-refractivity contribution >= 4 is 5.70 Å². The molecule has 0 unspecified atom stereocenters. The van der Waals surface area contributed by atoms with Crippen molar-refractivity contribution in [2.24, 2.45) is 0 Å². The van der Waals surface area contributed by atoms with E-state index in [2.05, 4.69) is 71.1 Å². The van der Waals surface area contributed by atoms with Gasteiger partial charge in [0.15, 0.2) is 0 Å². The van der Waals surface area contributed by atoms with Gasteiger partial charge in [0.05, 0.1) is 5.70 Å². The van der Waals surface area contributed by atoms with Gasteiger partial charge in [-0.15, -0.1) is 0 Å². The maximum Gasteiger partial charge on any atom is 0.0618 e. The number of hydrogen-bond donors (Lipinski definition) is 1. The Bertz CT molecular complexity index is 585. The summed E-state index contributed by atoms with van der Waals surface area (Å²) < 4.78 is 0. The van der Waals surface area contributed by atoms with Crippen LogP contribution < -0.4 is 5.32 Å². The third-order valence-corrected chi connectivity index (χ3v) is 3.09. The fourth-order valence-corrected chi connectivity index (χ4v) is 2.14. The molecule has 0 saturated carbocycles. The maximum absolute atomic E-state index is 3.29. The van der Waals surface area contributed by atoms with Gasteiger partial charge in [0.2, 0.25) is 0 Å². The zero-order valence-corrected chi connectivity index (χ0v) is 10.7. The molecule has 19 heavy (non-hydrogen) atoms. The minimum Gasteiger partial charge on any atom is -0.359 e. The van der Waals surface area contributed by atoms with Gasteiger partial charge in [-0.2, -0.15) is 0 Å². The Hall–Kier alpha value is -2.48. The van der Waals surface area contributed by atoms with Gasteiger partial charge in [0.1, 0.15) is 0 Å². The highest BCUT2D eigenvalue weighted by Gasteiger charge is 2.06. The SMILES string of the molecule is C1=CN(Cc2ccccc2)C=C(c2ccccc2)N1. The molecule has 2 aromatic carbocycles. The Labute approximate surface area is 113 Å². The number of rotatable bonds is 3. The largest absolute Gasteiger partial charge is 0.359 e. The molecule has 2 aromatic rings. The van der Waals surface area contributed by atoms with E-state index < -0.39 is 0 Å². The van der Waals surface area contributed by atoms with E-state index in [9.17, 15) is 0 Å². The summed E-state index contributed by atoms with van der Waals surface area (Å²) >= 11 is 0. The molecule has 0 amide bonds. The second kappa shape index (κ2) is 5.44. The third kappa shape index (κ3) is 2.86. The van der Waals surface area contributed by atoms with Crippen LogP contribution in [0.5, 0.6) is 0 Å². The van der Waals surface area contributed by atoms with Crippen molar-refractivity contribution in [1.82, 2.24) is 10.2 Å². The van der Waals surface area contributed by atoms with Crippen LogP contribution >= 0.6 is 0 Å². The predicted octanol–water partition coefficient (Wildman–Crippen LogP) is 3.56. The first kappa shape index (κ1) is 11.6. The molecule has 2 nitrogen and oxygen atoms in total. The van der Waals surface area contributed by atoms with E-state index >= 15 is 0 Å². The summed E-state index contributed by atoms with van der Waals surface area (Å²) in [6.45, 7) is 0.884. The zero-order chi connectivity index (χ0) is 12.9. The molecule has 94 valence electrons. The van der Waals surface area contributed by atoms with Crippen LogP contribution in [0, 0.1) is 0 Å². The van der Waals surface area contributed by atoms with E-state index in [4.69, 9.17) is 0 Å². The quantitative estimate of drug-likeness (QED) is 0.893. The van der Waals surface area contributed by atoms with Crippen LogP contribution in [0.2, 0.25) is 0 Å². The molecular weight excluding hydrogens is 232 g/mol. The zero-order valence-electron chi connectivity index (χ0n) is 10.7. The summed E-state index contributed by atoms with van der Waals surface area (Å²) in [5, 5.41) is 3.29. The molecule has 1 N–H and O–H groups in total. The van der Waals surface area contributed by atoms with Crippen LogP contribution in [0.4, 0.5) is 0 Å². The van der Waals surface area contributed by atoms with Gasteiger partial charge in [-0.3, -0.25) is 0 Å². The summed E-state index contributed by atoms with van der Waals surface area (Å²) in [6.07, 6.45) is 6.17. The first-order chi connectivity index (χ1) is 9.42. The Morgan fingerprint density at radius 2 is 1.53 bits per heavy atom. The fourth-order valence-electron chi connectivity index (χ4n) is 2.14. The Balaban J connectivity index is 1.78. The molecule has 0 aliphatic carbocycles. The first-order valence-electron chi connectivity index (χ1n) is 6.42. The van der Waals surface area contributed by atoms with Crippen LogP contribution in [0.3, 0.4) is 0 Å². The topological polar surface area (TPSA) is 15.3 Å². The van der Waals surface area contributed by atoms with Crippen LogP contribution in [-0.4, -0.2) is 4.90 Å². The molecule has 0 saturated heterocycles. The highest BCUT2D eigenvalue weighted by molar-refractivity contribution is 5.65. The Morgan fingerprint density at radius 1 is 0.842 bits per heavy atom. The lowest BCUT2D eigenvalue weighted by Gasteiger charge is -2.22. The van der Waals surface area contributed by atoms with Crippen molar-refractivity contribution in [3.05, 3.63) is 90.4 Å². The van der Waals surface area contributed by atoms with E-state index in [0.29, 0.717) is 0 Å². The third-order valence-electron chi connectivity index (χ3n) is 3.09. The predicted molar refractivity (Wildman–Crippen MR) is 78.7 cm³/mol.